The molecule has 0 fully saturated rings. The van der Waals surface area contributed by atoms with Gasteiger partial charge >= 0.3 is 0 Å². The van der Waals surface area contributed by atoms with Gasteiger partial charge < -0.3 is 10.2 Å². The smallest absolute Gasteiger partial charge is 0.257 e. The Kier molecular flexibility index (Phi) is 5.09. The van der Waals surface area contributed by atoms with Crippen LogP contribution in [0.25, 0.3) is 11.3 Å². The second-order valence-electron chi connectivity index (χ2n) is 5.58. The summed E-state index contributed by atoms with van der Waals surface area (Å²) >= 11 is 0. The maximum atomic E-state index is 12.4. The molecule has 0 radical (unpaired) electrons. The van der Waals surface area contributed by atoms with Crippen LogP contribution in [-0.2, 0) is 0 Å². The van der Waals surface area contributed by atoms with Gasteiger partial charge in [-0.25, -0.2) is 4.98 Å². The van der Waals surface area contributed by atoms with Crippen LogP contribution in [0.2, 0.25) is 0 Å². The van der Waals surface area contributed by atoms with Gasteiger partial charge in [-0.3, -0.25) is 9.89 Å². The normalized spacial score (nSPS) is 10.5. The molecule has 0 saturated carbocycles. The van der Waals surface area contributed by atoms with Gasteiger partial charge in [-0.15, -0.1) is 0 Å². The van der Waals surface area contributed by atoms with E-state index < -0.39 is 0 Å². The third-order valence-electron chi connectivity index (χ3n) is 4.05. The first-order chi connectivity index (χ1) is 12.2. The first-order valence-corrected chi connectivity index (χ1v) is 8.33. The summed E-state index contributed by atoms with van der Waals surface area (Å²) in [7, 11) is 0. The highest BCUT2D eigenvalue weighted by Gasteiger charge is 2.09. The number of aromatic nitrogens is 3. The molecule has 0 bridgehead atoms. The van der Waals surface area contributed by atoms with Crippen molar-refractivity contribution in [3.05, 3.63) is 60.4 Å². The third kappa shape index (κ3) is 3.85. The number of hydrogen-bond donors (Lipinski definition) is 2. The summed E-state index contributed by atoms with van der Waals surface area (Å²) in [5.41, 5.74) is 3.23. The lowest BCUT2D eigenvalue weighted by molar-refractivity contribution is 0.102. The van der Waals surface area contributed by atoms with Crippen LogP contribution in [0.4, 0.5) is 11.5 Å². The van der Waals surface area contributed by atoms with Crippen molar-refractivity contribution >= 4 is 17.4 Å². The fraction of sp³-hybridized carbons (Fsp3) is 0.211. The molecule has 0 aliphatic carbocycles. The lowest BCUT2D eigenvalue weighted by Crippen LogP contribution is -2.23. The summed E-state index contributed by atoms with van der Waals surface area (Å²) in [5, 5.41) is 9.74. The fourth-order valence-electron chi connectivity index (χ4n) is 2.61. The molecule has 3 rings (SSSR count). The second-order valence-corrected chi connectivity index (χ2v) is 5.58. The van der Waals surface area contributed by atoms with Gasteiger partial charge in [0.1, 0.15) is 5.82 Å². The molecule has 0 unspecified atom stereocenters. The number of benzene rings is 1. The van der Waals surface area contributed by atoms with E-state index in [-0.39, 0.29) is 5.91 Å². The van der Waals surface area contributed by atoms with E-state index >= 15 is 0 Å². The first kappa shape index (κ1) is 16.7. The lowest BCUT2D eigenvalue weighted by atomic mass is 10.1. The number of amides is 1. The maximum absolute atomic E-state index is 12.4. The topological polar surface area (TPSA) is 73.9 Å². The van der Waals surface area contributed by atoms with E-state index in [1.165, 1.54) is 0 Å². The standard InChI is InChI=1S/C19H21N5O/c1-3-24(4-2)18-10-7-15(13-20-18)19(25)22-16-8-5-14(6-9-16)17-11-12-21-23-17/h5-13H,3-4H2,1-2H3,(H,21,23)(H,22,25). The third-order valence-corrected chi connectivity index (χ3v) is 4.05. The van der Waals surface area contributed by atoms with Crippen LogP contribution >= 0.6 is 0 Å². The van der Waals surface area contributed by atoms with Gasteiger partial charge in [0.15, 0.2) is 0 Å². The Labute approximate surface area is 146 Å². The molecule has 3 aromatic rings. The van der Waals surface area contributed by atoms with E-state index in [1.807, 2.05) is 36.4 Å². The van der Waals surface area contributed by atoms with Crippen LogP contribution in [-0.4, -0.2) is 34.2 Å². The summed E-state index contributed by atoms with van der Waals surface area (Å²) in [6.45, 7) is 5.94. The zero-order chi connectivity index (χ0) is 17.6. The minimum atomic E-state index is -0.173. The molecule has 1 amide bonds. The van der Waals surface area contributed by atoms with Gasteiger partial charge in [0.2, 0.25) is 0 Å². The largest absolute Gasteiger partial charge is 0.357 e. The highest BCUT2D eigenvalue weighted by Crippen LogP contribution is 2.19. The number of nitrogens with one attached hydrogen (secondary N) is 2. The summed E-state index contributed by atoms with van der Waals surface area (Å²) in [5.74, 6) is 0.707. The number of carbonyl (C=O) groups excluding carboxylic acids is 1. The van der Waals surface area contributed by atoms with Crippen molar-refractivity contribution in [2.24, 2.45) is 0 Å². The van der Waals surface area contributed by atoms with E-state index in [9.17, 15) is 4.79 Å². The molecule has 0 saturated heterocycles. The van der Waals surface area contributed by atoms with Crippen molar-refractivity contribution in [1.29, 1.82) is 0 Å². The van der Waals surface area contributed by atoms with E-state index in [2.05, 4.69) is 39.2 Å². The van der Waals surface area contributed by atoms with Crippen LogP contribution in [0.15, 0.2) is 54.9 Å². The molecule has 2 heterocycles. The van der Waals surface area contributed by atoms with Crippen LogP contribution in [0.1, 0.15) is 24.2 Å². The number of carbonyl (C=O) groups is 1. The Morgan fingerprint density at radius 3 is 2.40 bits per heavy atom. The molecule has 2 N–H and O–H groups in total. The SMILES string of the molecule is CCN(CC)c1ccc(C(=O)Nc2ccc(-c3ccn[nH]3)cc2)cn1. The van der Waals surface area contributed by atoms with Crippen LogP contribution in [0, 0.1) is 0 Å². The maximum Gasteiger partial charge on any atom is 0.257 e. The monoisotopic (exact) mass is 335 g/mol. The van der Waals surface area contributed by atoms with Gasteiger partial charge in [0, 0.05) is 31.2 Å². The van der Waals surface area contributed by atoms with Crippen LogP contribution < -0.4 is 10.2 Å². The predicted octanol–water partition coefficient (Wildman–Crippen LogP) is 3.57. The van der Waals surface area contributed by atoms with Crippen molar-refractivity contribution in [3.63, 3.8) is 0 Å². The average molecular weight is 335 g/mol. The molecular weight excluding hydrogens is 314 g/mol. The Balaban J connectivity index is 1.67. The van der Waals surface area contributed by atoms with Crippen molar-refractivity contribution in [1.82, 2.24) is 15.2 Å². The quantitative estimate of drug-likeness (QED) is 0.722. The van der Waals surface area contributed by atoms with Crippen molar-refractivity contribution in [2.75, 3.05) is 23.3 Å². The minimum Gasteiger partial charge on any atom is -0.357 e. The van der Waals surface area contributed by atoms with Crippen LogP contribution in [0.3, 0.4) is 0 Å². The van der Waals surface area contributed by atoms with Gasteiger partial charge in [0.25, 0.3) is 5.91 Å². The molecule has 2 aromatic heterocycles. The molecule has 1 aromatic carbocycles. The average Bonchev–Trinajstić information content (AvgIpc) is 3.18. The number of hydrogen-bond acceptors (Lipinski definition) is 4. The van der Waals surface area contributed by atoms with Crippen molar-refractivity contribution in [2.45, 2.75) is 13.8 Å². The summed E-state index contributed by atoms with van der Waals surface area (Å²) < 4.78 is 0. The summed E-state index contributed by atoms with van der Waals surface area (Å²) in [4.78, 5) is 18.9. The van der Waals surface area contributed by atoms with Crippen molar-refractivity contribution in [3.8, 4) is 11.3 Å². The molecule has 0 atom stereocenters. The number of nitrogens with zero attached hydrogens (tertiary/aromatic N) is 3. The second kappa shape index (κ2) is 7.61. The number of pyridine rings is 1. The number of rotatable bonds is 6. The predicted molar refractivity (Wildman–Crippen MR) is 99.8 cm³/mol. The molecule has 128 valence electrons. The summed E-state index contributed by atoms with van der Waals surface area (Å²) in [6.07, 6.45) is 3.32. The Morgan fingerprint density at radius 2 is 1.84 bits per heavy atom. The molecule has 6 nitrogen and oxygen atoms in total. The molecular formula is C19H21N5O. The van der Waals surface area contributed by atoms with Gasteiger partial charge in [-0.1, -0.05) is 12.1 Å². The van der Waals surface area contributed by atoms with Crippen LogP contribution in [0.5, 0.6) is 0 Å². The number of aromatic amines is 1. The van der Waals surface area contributed by atoms with Gasteiger partial charge in [-0.05, 0) is 49.7 Å². The Bertz CT molecular complexity index is 806. The molecule has 0 spiro atoms. The van der Waals surface area contributed by atoms with E-state index in [1.54, 1.807) is 18.5 Å². The molecule has 6 heteroatoms. The molecule has 25 heavy (non-hydrogen) atoms. The van der Waals surface area contributed by atoms with Gasteiger partial charge in [-0.2, -0.15) is 5.10 Å². The van der Waals surface area contributed by atoms with E-state index in [0.717, 1.165) is 35.9 Å². The minimum absolute atomic E-state index is 0.173. The zero-order valence-corrected chi connectivity index (χ0v) is 14.4. The number of H-pyrrole nitrogens is 1. The first-order valence-electron chi connectivity index (χ1n) is 8.33. The highest BCUT2D eigenvalue weighted by molar-refractivity contribution is 6.04. The molecule has 0 aliphatic heterocycles. The highest BCUT2D eigenvalue weighted by atomic mass is 16.1. The van der Waals surface area contributed by atoms with E-state index in [4.69, 9.17) is 0 Å². The Hall–Kier alpha value is -3.15. The summed E-state index contributed by atoms with van der Waals surface area (Å²) in [6, 6.07) is 13.2. The van der Waals surface area contributed by atoms with Crippen molar-refractivity contribution < 1.29 is 4.79 Å². The molecule has 0 aliphatic rings. The fourth-order valence-corrected chi connectivity index (χ4v) is 2.61. The zero-order valence-electron chi connectivity index (χ0n) is 14.4. The lowest BCUT2D eigenvalue weighted by Gasteiger charge is -2.19. The van der Waals surface area contributed by atoms with Gasteiger partial charge in [0.05, 0.1) is 11.3 Å². The number of anilines is 2. The van der Waals surface area contributed by atoms with E-state index in [0.29, 0.717) is 5.56 Å². The Morgan fingerprint density at radius 1 is 1.08 bits per heavy atom.